The molecule has 34 heavy (non-hydrogen) atoms. The summed E-state index contributed by atoms with van der Waals surface area (Å²) in [5.74, 6) is -0.578. The van der Waals surface area contributed by atoms with E-state index in [9.17, 15) is 17.6 Å². The van der Waals surface area contributed by atoms with Crippen LogP contribution in [0.3, 0.4) is 0 Å². The molecule has 0 atom stereocenters. The second-order valence-electron chi connectivity index (χ2n) is 8.61. The molecule has 3 aromatic carbocycles. The fourth-order valence-electron chi connectivity index (χ4n) is 4.23. The molecule has 0 radical (unpaired) electrons. The lowest BCUT2D eigenvalue weighted by Crippen LogP contribution is -2.48. The van der Waals surface area contributed by atoms with Crippen LogP contribution < -0.4 is 9.80 Å². The molecule has 0 unspecified atom stereocenters. The number of carbonyl (C=O) groups excluding carboxylic acids is 1. The highest BCUT2D eigenvalue weighted by Gasteiger charge is 2.29. The lowest BCUT2D eigenvalue weighted by molar-refractivity contribution is 0.0993. The molecular formula is C26H28FN3O3S. The molecule has 0 bridgehead atoms. The van der Waals surface area contributed by atoms with Crippen molar-refractivity contribution in [2.24, 2.45) is 0 Å². The Morgan fingerprint density at radius 3 is 2.12 bits per heavy atom. The standard InChI is InChI=1S/C26H28FN3O3S/c1-19-15-20(2)17-24(16-19)28(3)26(31)21-5-4-6-25(18-21)34(32,33)30-13-11-29(12-14-30)23-9-7-22(27)8-10-23/h4-10,15-18H,11-14H2,1-3H3. The number of carbonyl (C=O) groups is 1. The minimum atomic E-state index is -3.76. The average molecular weight is 482 g/mol. The molecule has 1 amide bonds. The van der Waals surface area contributed by atoms with Gasteiger partial charge in [0.25, 0.3) is 5.91 Å². The van der Waals surface area contributed by atoms with Crippen LogP contribution in [0.2, 0.25) is 0 Å². The predicted octanol–water partition coefficient (Wildman–Crippen LogP) is 4.23. The van der Waals surface area contributed by atoms with E-state index in [1.807, 2.05) is 36.9 Å². The van der Waals surface area contributed by atoms with Crippen molar-refractivity contribution in [1.82, 2.24) is 4.31 Å². The summed E-state index contributed by atoms with van der Waals surface area (Å²) in [6, 6.07) is 18.3. The fourth-order valence-corrected chi connectivity index (χ4v) is 5.70. The number of halogens is 1. The molecule has 8 heteroatoms. The van der Waals surface area contributed by atoms with Crippen LogP contribution in [0, 0.1) is 19.7 Å². The second-order valence-corrected chi connectivity index (χ2v) is 10.5. The molecule has 1 saturated heterocycles. The van der Waals surface area contributed by atoms with E-state index in [0.29, 0.717) is 31.7 Å². The fraction of sp³-hybridized carbons (Fsp3) is 0.269. The summed E-state index contributed by atoms with van der Waals surface area (Å²) in [6.07, 6.45) is 0. The van der Waals surface area contributed by atoms with Crippen LogP contribution in [0.25, 0.3) is 0 Å². The molecule has 0 saturated carbocycles. The maximum absolute atomic E-state index is 13.3. The summed E-state index contributed by atoms with van der Waals surface area (Å²) in [4.78, 5) is 16.8. The highest BCUT2D eigenvalue weighted by Crippen LogP contribution is 2.24. The van der Waals surface area contributed by atoms with Crippen LogP contribution in [-0.4, -0.2) is 51.9 Å². The van der Waals surface area contributed by atoms with E-state index < -0.39 is 10.0 Å². The minimum absolute atomic E-state index is 0.0994. The summed E-state index contributed by atoms with van der Waals surface area (Å²) >= 11 is 0. The van der Waals surface area contributed by atoms with Gasteiger partial charge < -0.3 is 9.80 Å². The Kier molecular flexibility index (Phi) is 6.72. The number of nitrogens with zero attached hydrogens (tertiary/aromatic N) is 3. The lowest BCUT2D eigenvalue weighted by atomic mass is 10.1. The highest BCUT2D eigenvalue weighted by molar-refractivity contribution is 7.89. The van der Waals surface area contributed by atoms with Crippen LogP contribution >= 0.6 is 0 Å². The van der Waals surface area contributed by atoms with Crippen LogP contribution in [0.1, 0.15) is 21.5 Å². The Hall–Kier alpha value is -3.23. The maximum Gasteiger partial charge on any atom is 0.258 e. The van der Waals surface area contributed by atoms with Crippen LogP contribution in [-0.2, 0) is 10.0 Å². The summed E-state index contributed by atoms with van der Waals surface area (Å²) in [5.41, 5.74) is 4.03. The number of hydrogen-bond donors (Lipinski definition) is 0. The zero-order valence-electron chi connectivity index (χ0n) is 19.5. The summed E-state index contributed by atoms with van der Waals surface area (Å²) < 4.78 is 41.3. The minimum Gasteiger partial charge on any atom is -0.369 e. The first-order valence-corrected chi connectivity index (χ1v) is 12.6. The molecular weight excluding hydrogens is 453 g/mol. The van der Waals surface area contributed by atoms with E-state index in [1.165, 1.54) is 33.5 Å². The number of benzene rings is 3. The van der Waals surface area contributed by atoms with E-state index in [0.717, 1.165) is 22.5 Å². The van der Waals surface area contributed by atoms with Gasteiger partial charge in [-0.2, -0.15) is 4.31 Å². The lowest BCUT2D eigenvalue weighted by Gasteiger charge is -2.35. The van der Waals surface area contributed by atoms with Gasteiger partial charge in [-0.05, 0) is 79.6 Å². The van der Waals surface area contributed by atoms with Crippen molar-refractivity contribution in [3.8, 4) is 0 Å². The number of amides is 1. The van der Waals surface area contributed by atoms with Crippen molar-refractivity contribution in [3.05, 3.63) is 89.2 Å². The van der Waals surface area contributed by atoms with Gasteiger partial charge in [0.2, 0.25) is 10.0 Å². The van der Waals surface area contributed by atoms with E-state index in [1.54, 1.807) is 31.3 Å². The first-order chi connectivity index (χ1) is 16.1. The van der Waals surface area contributed by atoms with E-state index in [4.69, 9.17) is 0 Å². The van der Waals surface area contributed by atoms with Gasteiger partial charge in [0.15, 0.2) is 0 Å². The topological polar surface area (TPSA) is 60.9 Å². The number of rotatable bonds is 5. The average Bonchev–Trinajstić information content (AvgIpc) is 2.83. The molecule has 3 aromatic rings. The quantitative estimate of drug-likeness (QED) is 0.547. The Labute approximate surface area is 200 Å². The largest absolute Gasteiger partial charge is 0.369 e. The molecule has 0 spiro atoms. The molecule has 1 aliphatic rings. The molecule has 4 rings (SSSR count). The van der Waals surface area contributed by atoms with Gasteiger partial charge in [0.1, 0.15) is 5.82 Å². The zero-order chi connectivity index (χ0) is 24.5. The van der Waals surface area contributed by atoms with Gasteiger partial charge in [0.05, 0.1) is 4.90 Å². The van der Waals surface area contributed by atoms with E-state index in [-0.39, 0.29) is 16.6 Å². The van der Waals surface area contributed by atoms with Crippen molar-refractivity contribution in [2.45, 2.75) is 18.7 Å². The van der Waals surface area contributed by atoms with Crippen LogP contribution in [0.4, 0.5) is 15.8 Å². The zero-order valence-corrected chi connectivity index (χ0v) is 20.3. The van der Waals surface area contributed by atoms with Gasteiger partial charge in [-0.1, -0.05) is 12.1 Å². The molecule has 6 nitrogen and oxygen atoms in total. The second kappa shape index (κ2) is 9.56. The molecule has 178 valence electrons. The van der Waals surface area contributed by atoms with Crippen molar-refractivity contribution in [2.75, 3.05) is 43.0 Å². The molecule has 1 fully saturated rings. The summed E-state index contributed by atoms with van der Waals surface area (Å²) in [7, 11) is -2.07. The third-order valence-electron chi connectivity index (χ3n) is 6.05. The van der Waals surface area contributed by atoms with Crippen molar-refractivity contribution >= 4 is 27.3 Å². The number of anilines is 2. The first kappa shape index (κ1) is 23.9. The Morgan fingerprint density at radius 2 is 1.50 bits per heavy atom. The molecule has 0 aliphatic carbocycles. The van der Waals surface area contributed by atoms with Crippen molar-refractivity contribution in [3.63, 3.8) is 0 Å². The number of aryl methyl sites for hydroxylation is 2. The van der Waals surface area contributed by atoms with Crippen LogP contribution in [0.5, 0.6) is 0 Å². The number of piperazine rings is 1. The van der Waals surface area contributed by atoms with Gasteiger partial charge in [-0.25, -0.2) is 12.8 Å². The van der Waals surface area contributed by atoms with Crippen LogP contribution in [0.15, 0.2) is 71.6 Å². The monoisotopic (exact) mass is 481 g/mol. The van der Waals surface area contributed by atoms with Gasteiger partial charge in [-0.3, -0.25) is 4.79 Å². The summed E-state index contributed by atoms with van der Waals surface area (Å²) in [6.45, 7) is 5.55. The van der Waals surface area contributed by atoms with Gasteiger partial charge in [-0.15, -0.1) is 0 Å². The Bertz CT molecular complexity index is 1280. The first-order valence-electron chi connectivity index (χ1n) is 11.1. The maximum atomic E-state index is 13.3. The van der Waals surface area contributed by atoms with Crippen molar-refractivity contribution < 1.29 is 17.6 Å². The normalized spacial score (nSPS) is 14.8. The van der Waals surface area contributed by atoms with E-state index >= 15 is 0 Å². The summed E-state index contributed by atoms with van der Waals surface area (Å²) in [5, 5.41) is 0. The predicted molar refractivity (Wildman–Crippen MR) is 132 cm³/mol. The molecule has 1 heterocycles. The number of hydrogen-bond acceptors (Lipinski definition) is 4. The highest BCUT2D eigenvalue weighted by atomic mass is 32.2. The van der Waals surface area contributed by atoms with Gasteiger partial charge in [0, 0.05) is 50.2 Å². The Balaban J connectivity index is 1.50. The Morgan fingerprint density at radius 1 is 0.882 bits per heavy atom. The third-order valence-corrected chi connectivity index (χ3v) is 7.94. The SMILES string of the molecule is Cc1cc(C)cc(N(C)C(=O)c2cccc(S(=O)(=O)N3CCN(c4ccc(F)cc4)CC3)c2)c1. The number of sulfonamides is 1. The van der Waals surface area contributed by atoms with E-state index in [2.05, 4.69) is 0 Å². The molecule has 1 aliphatic heterocycles. The molecule has 0 aromatic heterocycles. The third kappa shape index (κ3) is 4.98. The smallest absolute Gasteiger partial charge is 0.258 e. The van der Waals surface area contributed by atoms with Crippen molar-refractivity contribution in [1.29, 1.82) is 0 Å². The molecule has 0 N–H and O–H groups in total. The van der Waals surface area contributed by atoms with Gasteiger partial charge >= 0.3 is 0 Å².